The van der Waals surface area contributed by atoms with Crippen LogP contribution in [0.1, 0.15) is 0 Å². The molecule has 0 fully saturated rings. The van der Waals surface area contributed by atoms with Crippen molar-refractivity contribution >= 4 is 73.0 Å². The lowest BCUT2D eigenvalue weighted by Gasteiger charge is -2.26. The summed E-state index contributed by atoms with van der Waals surface area (Å²) in [6.07, 6.45) is 0. The molecule has 0 aliphatic carbocycles. The number of hydrogen-bond acceptors (Lipinski definition) is 6. The van der Waals surface area contributed by atoms with Crippen LogP contribution in [0.2, 0.25) is 0 Å². The number of benzene rings is 9. The fourth-order valence-electron chi connectivity index (χ4n) is 8.57. The molecule has 0 atom stereocenters. The van der Waals surface area contributed by atoms with Gasteiger partial charge in [-0.05, 0) is 158 Å². The quantitative estimate of drug-likeness (QED) is 0.115. The maximum absolute atomic E-state index is 5.55. The molecule has 0 saturated carbocycles. The van der Waals surface area contributed by atoms with Crippen LogP contribution in [0.25, 0.3) is 27.5 Å². The summed E-state index contributed by atoms with van der Waals surface area (Å²) in [5, 5.41) is 2.30. The Morgan fingerprint density at radius 2 is 0.547 bits per heavy atom. The maximum Gasteiger partial charge on any atom is 0.119 e. The minimum atomic E-state index is 0.809. The summed E-state index contributed by atoms with van der Waals surface area (Å²) in [7, 11) is 5.09. The molecule has 0 aliphatic rings. The summed E-state index contributed by atoms with van der Waals surface area (Å²) in [6, 6.07) is 78.6. The highest BCUT2D eigenvalue weighted by Crippen LogP contribution is 2.44. The third kappa shape index (κ3) is 7.60. The van der Waals surface area contributed by atoms with Crippen LogP contribution >= 0.6 is 0 Å². The number of fused-ring (bicyclic) bond motifs is 3. The predicted molar refractivity (Wildman–Crippen MR) is 264 cm³/mol. The molecule has 7 nitrogen and oxygen atoms in total. The van der Waals surface area contributed by atoms with Gasteiger partial charge in [-0.15, -0.1) is 0 Å². The van der Waals surface area contributed by atoms with Gasteiger partial charge in [0.05, 0.1) is 32.4 Å². The summed E-state index contributed by atoms with van der Waals surface area (Å²) in [5.41, 5.74) is 12.5. The Labute approximate surface area is 373 Å². The SMILES string of the molecule is COc1ccc(N(c2ccccc2)c2ccc(-n3c4cc(N(c5ccccc5)c5ccc(OC)cc5)ccc4c4ccc(N(c5ccccc5)c5ccc(OC)cc5)cc43)cc2)cc1. The molecule has 10 aromatic rings. The Balaban J connectivity index is 1.18. The first-order valence-electron chi connectivity index (χ1n) is 21.3. The molecule has 312 valence electrons. The molecule has 0 radical (unpaired) electrons. The van der Waals surface area contributed by atoms with Gasteiger partial charge in [0.2, 0.25) is 0 Å². The minimum absolute atomic E-state index is 0.809. The van der Waals surface area contributed by atoms with E-state index >= 15 is 0 Å². The molecule has 0 N–H and O–H groups in total. The van der Waals surface area contributed by atoms with Crippen molar-refractivity contribution in [2.24, 2.45) is 0 Å². The number of hydrogen-bond donors (Lipinski definition) is 0. The lowest BCUT2D eigenvalue weighted by molar-refractivity contribution is 0.414. The topological polar surface area (TPSA) is 42.3 Å². The highest BCUT2D eigenvalue weighted by molar-refractivity contribution is 6.11. The molecule has 0 amide bonds. The molecule has 0 unspecified atom stereocenters. The van der Waals surface area contributed by atoms with Gasteiger partial charge < -0.3 is 33.5 Å². The zero-order valence-electron chi connectivity index (χ0n) is 35.9. The van der Waals surface area contributed by atoms with Crippen molar-refractivity contribution in [3.8, 4) is 22.9 Å². The molecular weight excluding hydrogens is 789 g/mol. The van der Waals surface area contributed by atoms with Gasteiger partial charge >= 0.3 is 0 Å². The normalized spacial score (nSPS) is 11.0. The highest BCUT2D eigenvalue weighted by Gasteiger charge is 2.21. The molecule has 7 heteroatoms. The number of para-hydroxylation sites is 3. The second kappa shape index (κ2) is 17.5. The Morgan fingerprint density at radius 1 is 0.281 bits per heavy atom. The third-order valence-electron chi connectivity index (χ3n) is 11.7. The number of anilines is 9. The number of methoxy groups -OCH3 is 3. The van der Waals surface area contributed by atoms with E-state index in [1.165, 1.54) is 0 Å². The summed E-state index contributed by atoms with van der Waals surface area (Å²) in [6.45, 7) is 0. The fourth-order valence-corrected chi connectivity index (χ4v) is 8.57. The second-order valence-electron chi connectivity index (χ2n) is 15.4. The van der Waals surface area contributed by atoms with Crippen molar-refractivity contribution in [3.63, 3.8) is 0 Å². The van der Waals surface area contributed by atoms with Gasteiger partial charge in [-0.25, -0.2) is 0 Å². The summed E-state index contributed by atoms with van der Waals surface area (Å²) < 4.78 is 19.0. The zero-order valence-corrected chi connectivity index (χ0v) is 35.9. The molecule has 1 heterocycles. The van der Waals surface area contributed by atoms with E-state index < -0.39 is 0 Å². The lowest BCUT2D eigenvalue weighted by Crippen LogP contribution is -2.10. The van der Waals surface area contributed by atoms with Crippen molar-refractivity contribution in [1.29, 1.82) is 0 Å². The van der Waals surface area contributed by atoms with Gasteiger partial charge in [0.15, 0.2) is 0 Å². The van der Waals surface area contributed by atoms with Gasteiger partial charge in [0.25, 0.3) is 0 Å². The number of nitrogens with zero attached hydrogens (tertiary/aromatic N) is 4. The molecular formula is C57H46N4O3. The highest BCUT2D eigenvalue weighted by atomic mass is 16.5. The van der Waals surface area contributed by atoms with Crippen molar-refractivity contribution in [2.45, 2.75) is 0 Å². The van der Waals surface area contributed by atoms with Crippen LogP contribution in [0.5, 0.6) is 17.2 Å². The monoisotopic (exact) mass is 834 g/mol. The number of ether oxygens (including phenoxy) is 3. The first-order chi connectivity index (χ1) is 31.6. The van der Waals surface area contributed by atoms with E-state index in [2.05, 4.69) is 201 Å². The van der Waals surface area contributed by atoms with Gasteiger partial charge in [0, 0.05) is 67.6 Å². The smallest absolute Gasteiger partial charge is 0.119 e. The van der Waals surface area contributed by atoms with E-state index in [-0.39, 0.29) is 0 Å². The molecule has 0 spiro atoms. The van der Waals surface area contributed by atoms with E-state index in [1.807, 2.05) is 42.5 Å². The van der Waals surface area contributed by atoms with Crippen LogP contribution in [0.3, 0.4) is 0 Å². The first kappa shape index (κ1) is 39.7. The summed E-state index contributed by atoms with van der Waals surface area (Å²) in [4.78, 5) is 6.86. The van der Waals surface area contributed by atoms with Gasteiger partial charge in [-0.1, -0.05) is 66.7 Å². The van der Waals surface area contributed by atoms with E-state index in [9.17, 15) is 0 Å². The van der Waals surface area contributed by atoms with E-state index in [0.717, 1.165) is 95.9 Å². The Hall–Kier alpha value is -8.42. The van der Waals surface area contributed by atoms with Crippen LogP contribution in [0.4, 0.5) is 51.2 Å². The summed E-state index contributed by atoms with van der Waals surface area (Å²) in [5.74, 6) is 2.43. The predicted octanol–water partition coefficient (Wildman–Crippen LogP) is 15.2. The van der Waals surface area contributed by atoms with Crippen LogP contribution < -0.4 is 28.9 Å². The molecule has 0 aliphatic heterocycles. The van der Waals surface area contributed by atoms with Gasteiger partial charge in [-0.3, -0.25) is 0 Å². The van der Waals surface area contributed by atoms with Crippen LogP contribution in [-0.2, 0) is 0 Å². The third-order valence-corrected chi connectivity index (χ3v) is 11.7. The fraction of sp³-hybridized carbons (Fsp3) is 0.0526. The van der Waals surface area contributed by atoms with Crippen LogP contribution in [-0.4, -0.2) is 25.9 Å². The van der Waals surface area contributed by atoms with Crippen molar-refractivity contribution in [3.05, 3.63) is 224 Å². The molecule has 10 rings (SSSR count). The molecule has 9 aromatic carbocycles. The first-order valence-corrected chi connectivity index (χ1v) is 21.3. The molecule has 64 heavy (non-hydrogen) atoms. The zero-order chi connectivity index (χ0) is 43.4. The Kier molecular flexibility index (Phi) is 10.9. The van der Waals surface area contributed by atoms with E-state index in [4.69, 9.17) is 14.2 Å². The second-order valence-corrected chi connectivity index (χ2v) is 15.4. The van der Waals surface area contributed by atoms with Gasteiger partial charge in [-0.2, -0.15) is 0 Å². The maximum atomic E-state index is 5.55. The largest absolute Gasteiger partial charge is 0.497 e. The van der Waals surface area contributed by atoms with Crippen molar-refractivity contribution in [2.75, 3.05) is 36.0 Å². The molecule has 1 aromatic heterocycles. The molecule has 0 saturated heterocycles. The van der Waals surface area contributed by atoms with Crippen LogP contribution in [0, 0.1) is 0 Å². The standard InChI is InChI=1S/C57H46N4O3/c1-62-51-31-23-45(24-32-51)58(41-13-7-4-8-14-41)44-19-21-48(22-20-44)61-56-39-49(59(42-15-9-5-10-16-42)46-25-33-52(63-2)34-26-46)29-37-54(56)55-38-30-50(40-57(55)61)60(43-17-11-6-12-18-43)47-27-35-53(64-3)36-28-47/h4-40H,1-3H3. The number of rotatable bonds is 13. The lowest BCUT2D eigenvalue weighted by atomic mass is 10.1. The average Bonchev–Trinajstić information content (AvgIpc) is 3.69. The van der Waals surface area contributed by atoms with Crippen LogP contribution in [0.15, 0.2) is 224 Å². The van der Waals surface area contributed by atoms with E-state index in [1.54, 1.807) is 21.3 Å². The average molecular weight is 835 g/mol. The van der Waals surface area contributed by atoms with Crippen molar-refractivity contribution in [1.82, 2.24) is 4.57 Å². The minimum Gasteiger partial charge on any atom is -0.497 e. The van der Waals surface area contributed by atoms with Crippen molar-refractivity contribution < 1.29 is 14.2 Å². The Morgan fingerprint density at radius 3 is 0.859 bits per heavy atom. The van der Waals surface area contributed by atoms with E-state index in [0.29, 0.717) is 0 Å². The number of aromatic nitrogens is 1. The molecule has 0 bridgehead atoms. The van der Waals surface area contributed by atoms with Gasteiger partial charge in [0.1, 0.15) is 17.2 Å². The Bertz CT molecular complexity index is 2990. The summed E-state index contributed by atoms with van der Waals surface area (Å²) >= 11 is 0.